The van der Waals surface area contributed by atoms with E-state index >= 15 is 0 Å². The molecule has 218 valence electrons. The molecule has 1 atom stereocenters. The van der Waals surface area contributed by atoms with Crippen molar-refractivity contribution in [3.8, 4) is 45.4 Å². The van der Waals surface area contributed by atoms with Gasteiger partial charge in [0.05, 0.1) is 48.0 Å². The maximum absolute atomic E-state index is 11.4. The zero-order valence-electron chi connectivity index (χ0n) is 23.5. The van der Waals surface area contributed by atoms with Crippen molar-refractivity contribution in [1.82, 2.24) is 35.9 Å². The summed E-state index contributed by atoms with van der Waals surface area (Å²) in [6, 6.07) is 11.5. The molecular formula is C30H31Cl2N7O3. The third-order valence-corrected chi connectivity index (χ3v) is 7.78. The Bertz CT molecular complexity index is 1600. The van der Waals surface area contributed by atoms with Crippen LogP contribution < -0.4 is 25.4 Å². The lowest BCUT2D eigenvalue weighted by molar-refractivity contribution is -0.119. The summed E-state index contributed by atoms with van der Waals surface area (Å²) >= 11 is 13.9. The fourth-order valence-corrected chi connectivity index (χ4v) is 5.51. The van der Waals surface area contributed by atoms with E-state index in [9.17, 15) is 4.79 Å². The number of carbonyl (C=O) groups is 1. The number of amides is 1. The van der Waals surface area contributed by atoms with Crippen LogP contribution in [0.25, 0.3) is 33.6 Å². The summed E-state index contributed by atoms with van der Waals surface area (Å²) in [6.07, 6.45) is 4.74. The van der Waals surface area contributed by atoms with E-state index in [1.54, 1.807) is 26.6 Å². The van der Waals surface area contributed by atoms with Crippen LogP contribution in [0.4, 0.5) is 0 Å². The quantitative estimate of drug-likeness (QED) is 0.223. The van der Waals surface area contributed by atoms with Crippen molar-refractivity contribution >= 4 is 29.1 Å². The van der Waals surface area contributed by atoms with Crippen molar-refractivity contribution in [2.75, 3.05) is 27.8 Å². The molecular weight excluding hydrogens is 577 g/mol. The van der Waals surface area contributed by atoms with Gasteiger partial charge < -0.3 is 25.4 Å². The van der Waals surface area contributed by atoms with Gasteiger partial charge in [-0.1, -0.05) is 59.6 Å². The average Bonchev–Trinajstić information content (AvgIpc) is 3.43. The molecule has 12 heteroatoms. The zero-order valence-corrected chi connectivity index (χ0v) is 25.0. The first-order valence-electron chi connectivity index (χ1n) is 13.5. The molecule has 1 unspecified atom stereocenters. The fourth-order valence-electron chi connectivity index (χ4n) is 4.86. The summed E-state index contributed by atoms with van der Waals surface area (Å²) in [5.41, 5.74) is 5.37. The second kappa shape index (κ2) is 13.4. The van der Waals surface area contributed by atoms with E-state index in [1.165, 1.54) is 0 Å². The first-order chi connectivity index (χ1) is 20.4. The van der Waals surface area contributed by atoms with Gasteiger partial charge >= 0.3 is 0 Å². The van der Waals surface area contributed by atoms with Crippen molar-refractivity contribution in [3.05, 3.63) is 70.2 Å². The van der Waals surface area contributed by atoms with Gasteiger partial charge in [0, 0.05) is 54.4 Å². The lowest BCUT2D eigenvalue weighted by Gasteiger charge is -2.15. The molecule has 0 radical (unpaired) electrons. The number of carbonyl (C=O) groups excluding carboxylic acids is 1. The number of aromatic nitrogens is 4. The monoisotopic (exact) mass is 607 g/mol. The Balaban J connectivity index is 1.42. The molecule has 42 heavy (non-hydrogen) atoms. The summed E-state index contributed by atoms with van der Waals surface area (Å²) in [5.74, 6) is 0.911. The van der Waals surface area contributed by atoms with Gasteiger partial charge in [-0.25, -0.2) is 9.97 Å². The molecule has 0 aliphatic carbocycles. The SMILES string of the molecule is CNCc1ncc(-c2cccc(-c3cccc(-c4cnc(CNCC5CCC(=O)N5)c(OC)n4)c3Cl)c2Cl)nc1OC. The maximum atomic E-state index is 11.4. The van der Waals surface area contributed by atoms with Crippen LogP contribution in [0.3, 0.4) is 0 Å². The standard InChI is InChI=1S/C30H31Cl2N7O3/c1-33-13-24-29(41-2)38-22(15-35-24)20-8-4-6-18(27(20)31)19-7-5-9-21(28(19)32)23-16-36-25(30(39-23)42-3)14-34-12-17-10-11-26(40)37-17/h4-9,15-17,33-34H,10-14H2,1-3H3,(H,37,40). The summed E-state index contributed by atoms with van der Waals surface area (Å²) in [6.45, 7) is 1.62. The van der Waals surface area contributed by atoms with E-state index in [0.717, 1.165) is 17.5 Å². The van der Waals surface area contributed by atoms with Crippen molar-refractivity contribution in [2.45, 2.75) is 32.0 Å². The molecule has 1 aliphatic heterocycles. The van der Waals surface area contributed by atoms with E-state index in [1.807, 2.05) is 43.4 Å². The number of halogens is 2. The van der Waals surface area contributed by atoms with E-state index in [0.29, 0.717) is 81.8 Å². The van der Waals surface area contributed by atoms with Gasteiger partial charge in [0.2, 0.25) is 17.7 Å². The van der Waals surface area contributed by atoms with Gasteiger partial charge in [-0.05, 0) is 13.5 Å². The number of methoxy groups -OCH3 is 2. The van der Waals surface area contributed by atoms with Crippen molar-refractivity contribution < 1.29 is 14.3 Å². The van der Waals surface area contributed by atoms with Gasteiger partial charge in [0.15, 0.2) is 0 Å². The van der Waals surface area contributed by atoms with Crippen LogP contribution in [-0.4, -0.2) is 59.7 Å². The lowest BCUT2D eigenvalue weighted by Crippen LogP contribution is -2.35. The molecule has 3 N–H and O–H groups in total. The molecule has 0 saturated carbocycles. The Kier molecular flexibility index (Phi) is 9.48. The predicted octanol–water partition coefficient (Wildman–Crippen LogP) is 4.68. The van der Waals surface area contributed by atoms with E-state index in [4.69, 9.17) is 37.7 Å². The average molecular weight is 609 g/mol. The first-order valence-corrected chi connectivity index (χ1v) is 14.2. The van der Waals surface area contributed by atoms with E-state index in [-0.39, 0.29) is 11.9 Å². The topological polar surface area (TPSA) is 123 Å². The highest BCUT2D eigenvalue weighted by Crippen LogP contribution is 2.42. The highest BCUT2D eigenvalue weighted by molar-refractivity contribution is 6.39. The molecule has 1 amide bonds. The third kappa shape index (κ3) is 6.32. The van der Waals surface area contributed by atoms with E-state index in [2.05, 4.69) is 30.9 Å². The molecule has 1 fully saturated rings. The van der Waals surface area contributed by atoms with Crippen LogP contribution in [0.5, 0.6) is 11.8 Å². The first kappa shape index (κ1) is 29.7. The second-order valence-corrected chi connectivity index (χ2v) is 10.5. The van der Waals surface area contributed by atoms with Crippen LogP contribution in [-0.2, 0) is 17.9 Å². The second-order valence-electron chi connectivity index (χ2n) is 9.72. The Labute approximate surface area is 254 Å². The number of nitrogens with zero attached hydrogens (tertiary/aromatic N) is 4. The molecule has 3 heterocycles. The van der Waals surface area contributed by atoms with Gasteiger partial charge in [-0.3, -0.25) is 14.8 Å². The Morgan fingerprint density at radius 2 is 1.38 bits per heavy atom. The third-order valence-electron chi connectivity index (χ3n) is 6.96. The van der Waals surface area contributed by atoms with Crippen molar-refractivity contribution in [3.63, 3.8) is 0 Å². The van der Waals surface area contributed by atoms with Crippen molar-refractivity contribution in [1.29, 1.82) is 0 Å². The Hall–Kier alpha value is -3.83. The van der Waals surface area contributed by atoms with Crippen LogP contribution >= 0.6 is 23.2 Å². The highest BCUT2D eigenvalue weighted by Gasteiger charge is 2.21. The van der Waals surface area contributed by atoms with Crippen LogP contribution in [0.15, 0.2) is 48.8 Å². The number of ether oxygens (including phenoxy) is 2. The molecule has 2 aromatic carbocycles. The van der Waals surface area contributed by atoms with E-state index < -0.39 is 0 Å². The number of rotatable bonds is 11. The smallest absolute Gasteiger partial charge is 0.237 e. The molecule has 5 rings (SSSR count). The lowest BCUT2D eigenvalue weighted by atomic mass is 9.98. The molecule has 4 aromatic rings. The molecule has 1 saturated heterocycles. The van der Waals surface area contributed by atoms with Crippen LogP contribution in [0, 0.1) is 0 Å². The van der Waals surface area contributed by atoms with Gasteiger partial charge in [-0.15, -0.1) is 0 Å². The normalized spacial score (nSPS) is 14.6. The maximum Gasteiger partial charge on any atom is 0.237 e. The zero-order chi connectivity index (χ0) is 29.6. The van der Waals surface area contributed by atoms with Crippen LogP contribution in [0.2, 0.25) is 10.0 Å². The van der Waals surface area contributed by atoms with Gasteiger partial charge in [0.1, 0.15) is 11.4 Å². The molecule has 0 bridgehead atoms. The van der Waals surface area contributed by atoms with Gasteiger partial charge in [0.25, 0.3) is 0 Å². The molecule has 0 spiro atoms. The summed E-state index contributed by atoms with van der Waals surface area (Å²) in [4.78, 5) is 29.9. The fraction of sp³-hybridized carbons (Fsp3) is 0.300. The summed E-state index contributed by atoms with van der Waals surface area (Å²) in [5, 5.41) is 10.3. The molecule has 10 nitrogen and oxygen atoms in total. The van der Waals surface area contributed by atoms with Crippen LogP contribution in [0.1, 0.15) is 24.2 Å². The summed E-state index contributed by atoms with van der Waals surface area (Å²) < 4.78 is 11.0. The number of benzene rings is 2. The number of hydrogen-bond donors (Lipinski definition) is 3. The van der Waals surface area contributed by atoms with Gasteiger partial charge in [-0.2, -0.15) is 0 Å². The predicted molar refractivity (Wildman–Crippen MR) is 163 cm³/mol. The Morgan fingerprint density at radius 1 is 0.857 bits per heavy atom. The number of nitrogens with one attached hydrogen (secondary N) is 3. The Morgan fingerprint density at radius 3 is 1.86 bits per heavy atom. The molecule has 2 aromatic heterocycles. The minimum Gasteiger partial charge on any atom is -0.480 e. The minimum absolute atomic E-state index is 0.0865. The minimum atomic E-state index is 0.0865. The largest absolute Gasteiger partial charge is 0.480 e. The summed E-state index contributed by atoms with van der Waals surface area (Å²) in [7, 11) is 4.95. The number of hydrogen-bond acceptors (Lipinski definition) is 9. The van der Waals surface area contributed by atoms with Crippen molar-refractivity contribution in [2.24, 2.45) is 0 Å². The highest BCUT2D eigenvalue weighted by atomic mass is 35.5. The molecule has 1 aliphatic rings.